The molecule has 2 heterocycles. The quantitative estimate of drug-likeness (QED) is 0.728. The van der Waals surface area contributed by atoms with E-state index < -0.39 is 17.4 Å². The first-order valence-corrected chi connectivity index (χ1v) is 7.63. The zero-order chi connectivity index (χ0) is 18.3. The molecule has 0 aliphatic carbocycles. The van der Waals surface area contributed by atoms with E-state index in [0.717, 1.165) is 0 Å². The predicted octanol–water partition coefficient (Wildman–Crippen LogP) is 3.02. The van der Waals surface area contributed by atoms with E-state index in [0.29, 0.717) is 11.4 Å². The van der Waals surface area contributed by atoms with E-state index in [2.05, 4.69) is 4.98 Å². The third-order valence-corrected chi connectivity index (χ3v) is 4.46. The van der Waals surface area contributed by atoms with E-state index in [9.17, 15) is 15.2 Å². The molecule has 0 aliphatic rings. The normalized spacial score (nSPS) is 10.6. The number of pyridine rings is 1. The van der Waals surface area contributed by atoms with Gasteiger partial charge < -0.3 is 15.6 Å². The van der Waals surface area contributed by atoms with Crippen molar-refractivity contribution in [3.05, 3.63) is 45.8 Å². The monoisotopic (exact) mass is 376 g/mol. The van der Waals surface area contributed by atoms with Crippen LogP contribution in [0.1, 0.15) is 16.2 Å². The Morgan fingerprint density at radius 3 is 2.52 bits per heavy atom. The van der Waals surface area contributed by atoms with Gasteiger partial charge in [0.05, 0.1) is 23.0 Å². The Labute approximate surface area is 151 Å². The van der Waals surface area contributed by atoms with E-state index in [-0.39, 0.29) is 26.8 Å². The topological polar surface area (TPSA) is 114 Å². The first-order chi connectivity index (χ1) is 11.9. The van der Waals surface area contributed by atoms with Crippen LogP contribution in [0.2, 0.25) is 10.2 Å². The smallest absolute Gasteiger partial charge is 0.271 e. The van der Waals surface area contributed by atoms with Gasteiger partial charge in [-0.3, -0.25) is 9.36 Å². The Hall–Kier alpha value is -2.95. The van der Waals surface area contributed by atoms with Gasteiger partial charge in [0.1, 0.15) is 17.0 Å². The van der Waals surface area contributed by atoms with Crippen LogP contribution in [-0.4, -0.2) is 27.7 Å². The summed E-state index contributed by atoms with van der Waals surface area (Å²) in [6.45, 7) is 0. The molecule has 25 heavy (non-hydrogen) atoms. The van der Waals surface area contributed by atoms with Gasteiger partial charge in [-0.2, -0.15) is 5.26 Å². The van der Waals surface area contributed by atoms with Crippen LogP contribution in [0.4, 0.5) is 0 Å². The Bertz CT molecular complexity index is 1050. The number of fused-ring (bicyclic) bond motifs is 1. The van der Waals surface area contributed by atoms with Gasteiger partial charge in [-0.05, 0) is 24.3 Å². The number of benzene rings is 1. The largest absolute Gasteiger partial charge is 0.505 e. The van der Waals surface area contributed by atoms with Crippen LogP contribution in [0.5, 0.6) is 11.5 Å². The summed E-state index contributed by atoms with van der Waals surface area (Å²) >= 11 is 12.6. The summed E-state index contributed by atoms with van der Waals surface area (Å²) in [6.07, 6.45) is 0. The zero-order valence-corrected chi connectivity index (χ0v) is 14.3. The van der Waals surface area contributed by atoms with Crippen molar-refractivity contribution in [2.45, 2.75) is 0 Å². The molecule has 0 fully saturated rings. The minimum Gasteiger partial charge on any atom is -0.505 e. The summed E-state index contributed by atoms with van der Waals surface area (Å²) in [5.74, 6) is -0.888. The lowest BCUT2D eigenvalue weighted by Crippen LogP contribution is -2.14. The van der Waals surface area contributed by atoms with Gasteiger partial charge in [0.15, 0.2) is 17.1 Å². The molecule has 1 aromatic carbocycles. The summed E-state index contributed by atoms with van der Waals surface area (Å²) < 4.78 is 6.56. The van der Waals surface area contributed by atoms with Crippen LogP contribution >= 0.6 is 23.2 Å². The van der Waals surface area contributed by atoms with Crippen molar-refractivity contribution in [3.8, 4) is 23.3 Å². The summed E-state index contributed by atoms with van der Waals surface area (Å²) in [7, 11) is 1.53. The van der Waals surface area contributed by atoms with Crippen molar-refractivity contribution < 1.29 is 14.6 Å². The Morgan fingerprint density at radius 1 is 1.36 bits per heavy atom. The number of aromatic nitrogens is 2. The third kappa shape index (κ3) is 2.52. The van der Waals surface area contributed by atoms with Crippen LogP contribution in [0.15, 0.2) is 24.3 Å². The number of halogens is 2. The van der Waals surface area contributed by atoms with Crippen molar-refractivity contribution in [1.29, 1.82) is 5.26 Å². The number of hydrogen-bond donors (Lipinski definition) is 2. The van der Waals surface area contributed by atoms with E-state index in [1.165, 1.54) is 11.7 Å². The van der Waals surface area contributed by atoms with E-state index in [1.807, 2.05) is 6.07 Å². The van der Waals surface area contributed by atoms with Crippen molar-refractivity contribution in [1.82, 2.24) is 9.55 Å². The Balaban J connectivity index is 2.45. The molecular weight excluding hydrogens is 367 g/mol. The molecule has 0 radical (unpaired) electrons. The molecule has 0 unspecified atom stereocenters. The minimum absolute atomic E-state index is 0.0219. The molecule has 3 rings (SSSR count). The number of aromatic hydroxyl groups is 1. The number of amides is 1. The summed E-state index contributed by atoms with van der Waals surface area (Å²) in [6, 6.07) is 8.66. The summed E-state index contributed by atoms with van der Waals surface area (Å²) in [5.41, 5.74) is 5.34. The van der Waals surface area contributed by atoms with Crippen LogP contribution < -0.4 is 10.5 Å². The first kappa shape index (κ1) is 16.9. The maximum Gasteiger partial charge on any atom is 0.271 e. The molecule has 3 aromatic rings. The first-order valence-electron chi connectivity index (χ1n) is 6.87. The third-order valence-electron chi connectivity index (χ3n) is 3.64. The maximum absolute atomic E-state index is 11.5. The predicted molar refractivity (Wildman–Crippen MR) is 92.5 cm³/mol. The summed E-state index contributed by atoms with van der Waals surface area (Å²) in [4.78, 5) is 15.3. The highest BCUT2D eigenvalue weighted by molar-refractivity contribution is 6.46. The van der Waals surface area contributed by atoms with E-state index in [1.54, 1.807) is 24.3 Å². The zero-order valence-electron chi connectivity index (χ0n) is 12.7. The molecule has 9 heteroatoms. The number of methoxy groups -OCH3 is 1. The molecule has 0 spiro atoms. The van der Waals surface area contributed by atoms with Crippen molar-refractivity contribution in [2.24, 2.45) is 5.73 Å². The average Bonchev–Trinajstić information content (AvgIpc) is 2.87. The van der Waals surface area contributed by atoms with E-state index in [4.69, 9.17) is 33.7 Å². The minimum atomic E-state index is -0.986. The fourth-order valence-corrected chi connectivity index (χ4v) is 3.06. The van der Waals surface area contributed by atoms with Gasteiger partial charge in [-0.25, -0.2) is 4.98 Å². The average molecular weight is 377 g/mol. The van der Waals surface area contributed by atoms with Gasteiger partial charge in [-0.1, -0.05) is 23.2 Å². The second-order valence-electron chi connectivity index (χ2n) is 5.00. The number of rotatable bonds is 3. The maximum atomic E-state index is 11.5. The van der Waals surface area contributed by atoms with Crippen LogP contribution in [0, 0.1) is 11.3 Å². The van der Waals surface area contributed by atoms with Crippen LogP contribution in [0.25, 0.3) is 16.6 Å². The summed E-state index contributed by atoms with van der Waals surface area (Å²) in [5, 5.41) is 19.8. The SMILES string of the molecule is COc1ccc(-n2c(Cl)c(Cl)c3c(O)c(C(N)=O)nc(C#N)c32)cc1. The molecule has 0 saturated carbocycles. The van der Waals surface area contributed by atoms with Crippen LogP contribution in [0.3, 0.4) is 0 Å². The van der Waals surface area contributed by atoms with Gasteiger partial charge in [0, 0.05) is 5.69 Å². The highest BCUT2D eigenvalue weighted by Gasteiger charge is 2.26. The standard InChI is InChI=1S/C16H10Cl2N4O3/c1-25-8-4-2-7(3-5-8)22-13-9(6-19)21-12(16(20)24)14(23)10(13)11(17)15(22)18/h2-5,23H,1H3,(H2,20,24). The molecule has 7 nitrogen and oxygen atoms in total. The lowest BCUT2D eigenvalue weighted by molar-refractivity contribution is 0.0993. The van der Waals surface area contributed by atoms with Gasteiger partial charge in [0.2, 0.25) is 0 Å². The Morgan fingerprint density at radius 2 is 2.00 bits per heavy atom. The molecule has 1 amide bonds. The number of carbonyl (C=O) groups excluding carboxylic acids is 1. The van der Waals surface area contributed by atoms with Gasteiger partial charge >= 0.3 is 0 Å². The highest BCUT2D eigenvalue weighted by Crippen LogP contribution is 2.43. The molecule has 2 aromatic heterocycles. The number of ether oxygens (including phenoxy) is 1. The number of nitriles is 1. The number of primary amides is 1. The molecule has 3 N–H and O–H groups in total. The molecule has 126 valence electrons. The van der Waals surface area contributed by atoms with Crippen molar-refractivity contribution >= 4 is 40.0 Å². The fourth-order valence-electron chi connectivity index (χ4n) is 2.52. The lowest BCUT2D eigenvalue weighted by atomic mass is 10.2. The van der Waals surface area contributed by atoms with Gasteiger partial charge in [0.25, 0.3) is 5.91 Å². The highest BCUT2D eigenvalue weighted by atomic mass is 35.5. The molecule has 0 bridgehead atoms. The second-order valence-corrected chi connectivity index (χ2v) is 5.73. The van der Waals surface area contributed by atoms with Crippen molar-refractivity contribution in [2.75, 3.05) is 7.11 Å². The number of nitrogens with zero attached hydrogens (tertiary/aromatic N) is 3. The van der Waals surface area contributed by atoms with E-state index >= 15 is 0 Å². The molecule has 0 atom stereocenters. The molecular formula is C16H10Cl2N4O3. The van der Waals surface area contributed by atoms with Crippen LogP contribution in [-0.2, 0) is 0 Å². The molecule has 0 aliphatic heterocycles. The number of nitrogens with two attached hydrogens (primary N) is 1. The fraction of sp³-hybridized carbons (Fsp3) is 0.0625. The number of hydrogen-bond acceptors (Lipinski definition) is 5. The lowest BCUT2D eigenvalue weighted by Gasteiger charge is -2.10. The van der Waals surface area contributed by atoms with Crippen molar-refractivity contribution in [3.63, 3.8) is 0 Å². The Kier molecular flexibility index (Phi) is 4.17. The number of carbonyl (C=O) groups is 1. The van der Waals surface area contributed by atoms with Gasteiger partial charge in [-0.15, -0.1) is 0 Å². The molecule has 0 saturated heterocycles. The second kappa shape index (κ2) is 6.16.